The van der Waals surface area contributed by atoms with Crippen LogP contribution < -0.4 is 0 Å². The summed E-state index contributed by atoms with van der Waals surface area (Å²) >= 11 is 0. The maximum Gasteiger partial charge on any atom is 0.336 e. The third-order valence-corrected chi connectivity index (χ3v) is 3.59. The highest BCUT2D eigenvalue weighted by molar-refractivity contribution is 6.07. The first-order valence-corrected chi connectivity index (χ1v) is 6.99. The van der Waals surface area contributed by atoms with E-state index in [1.165, 1.54) is 44.2 Å². The molecule has 24 heavy (non-hydrogen) atoms. The summed E-state index contributed by atoms with van der Waals surface area (Å²) in [6, 6.07) is 8.49. The van der Waals surface area contributed by atoms with Crippen molar-refractivity contribution < 1.29 is 29.4 Å². The molecule has 0 aliphatic carbocycles. The molecule has 0 radical (unpaired) electrons. The van der Waals surface area contributed by atoms with Crippen molar-refractivity contribution in [3.8, 4) is 11.1 Å². The van der Waals surface area contributed by atoms with Gasteiger partial charge in [-0.05, 0) is 49.2 Å². The fraction of sp³-hybridized carbons (Fsp3) is 0.111. The van der Waals surface area contributed by atoms with Crippen LogP contribution in [0, 0.1) is 0 Å². The van der Waals surface area contributed by atoms with Crippen molar-refractivity contribution in [2.75, 3.05) is 0 Å². The standard InChI is InChI=1S/C18H14O6/c1-9(19)13-5-3-12(8-16(13)18(23)24)11-4-6-14(17(21)22)15(7-11)10(2)20/h3-8H,1-2H3,(H,21,22)(H,23,24). The van der Waals surface area contributed by atoms with Crippen LogP contribution >= 0.6 is 0 Å². The normalized spacial score (nSPS) is 10.2. The summed E-state index contributed by atoms with van der Waals surface area (Å²) < 4.78 is 0. The molecule has 0 heterocycles. The number of hydrogen-bond acceptors (Lipinski definition) is 4. The fourth-order valence-corrected chi connectivity index (χ4v) is 2.41. The van der Waals surface area contributed by atoms with Crippen molar-refractivity contribution in [3.63, 3.8) is 0 Å². The Hall–Kier alpha value is -3.28. The zero-order valence-corrected chi connectivity index (χ0v) is 13.0. The molecule has 6 heteroatoms. The second kappa shape index (κ2) is 6.45. The lowest BCUT2D eigenvalue weighted by atomic mass is 9.94. The third-order valence-electron chi connectivity index (χ3n) is 3.59. The van der Waals surface area contributed by atoms with Crippen molar-refractivity contribution in [1.82, 2.24) is 0 Å². The lowest BCUT2D eigenvalue weighted by molar-refractivity contribution is 0.0683. The third kappa shape index (κ3) is 3.22. The second-order valence-electron chi connectivity index (χ2n) is 5.24. The van der Waals surface area contributed by atoms with Crippen molar-refractivity contribution in [1.29, 1.82) is 0 Å². The number of rotatable bonds is 5. The van der Waals surface area contributed by atoms with E-state index in [4.69, 9.17) is 5.11 Å². The van der Waals surface area contributed by atoms with Gasteiger partial charge in [-0.15, -0.1) is 0 Å². The molecule has 2 N–H and O–H groups in total. The molecule has 0 aliphatic rings. The minimum Gasteiger partial charge on any atom is -0.478 e. The molecule has 0 saturated carbocycles. The van der Waals surface area contributed by atoms with Crippen molar-refractivity contribution in [2.45, 2.75) is 13.8 Å². The van der Waals surface area contributed by atoms with E-state index in [0.717, 1.165) is 0 Å². The number of Topliss-reactive ketones (excluding diaryl/α,β-unsaturated/α-hetero) is 2. The van der Waals surface area contributed by atoms with Gasteiger partial charge in [-0.3, -0.25) is 9.59 Å². The Bertz CT molecular complexity index is 806. The van der Waals surface area contributed by atoms with E-state index in [2.05, 4.69) is 0 Å². The number of aromatic carboxylic acids is 2. The summed E-state index contributed by atoms with van der Waals surface area (Å²) in [5, 5.41) is 18.4. The van der Waals surface area contributed by atoms with Gasteiger partial charge < -0.3 is 10.2 Å². The zero-order valence-electron chi connectivity index (χ0n) is 13.0. The summed E-state index contributed by atoms with van der Waals surface area (Å²) in [4.78, 5) is 45.7. The van der Waals surface area contributed by atoms with E-state index >= 15 is 0 Å². The Morgan fingerprint density at radius 1 is 0.625 bits per heavy atom. The van der Waals surface area contributed by atoms with Crippen molar-refractivity contribution >= 4 is 23.5 Å². The molecule has 0 amide bonds. The first kappa shape index (κ1) is 17.1. The average Bonchev–Trinajstić information content (AvgIpc) is 2.53. The Balaban J connectivity index is 2.64. The predicted octanol–water partition coefficient (Wildman–Crippen LogP) is 3.16. The molecular formula is C18H14O6. The van der Waals surface area contributed by atoms with Crippen LogP contribution in [0.25, 0.3) is 11.1 Å². The highest BCUT2D eigenvalue weighted by atomic mass is 16.4. The number of carbonyl (C=O) groups excluding carboxylic acids is 2. The van der Waals surface area contributed by atoms with Crippen LogP contribution in [0.5, 0.6) is 0 Å². The van der Waals surface area contributed by atoms with Crippen LogP contribution in [0.2, 0.25) is 0 Å². The Labute approximate surface area is 137 Å². The number of carboxylic acids is 2. The molecule has 0 aliphatic heterocycles. The maximum atomic E-state index is 11.7. The molecule has 0 atom stereocenters. The van der Waals surface area contributed by atoms with Crippen LogP contribution in [0.1, 0.15) is 55.3 Å². The largest absolute Gasteiger partial charge is 0.478 e. The van der Waals surface area contributed by atoms with Gasteiger partial charge in [0.05, 0.1) is 11.1 Å². The van der Waals surface area contributed by atoms with Gasteiger partial charge >= 0.3 is 11.9 Å². The summed E-state index contributed by atoms with van der Waals surface area (Å²) in [7, 11) is 0. The van der Waals surface area contributed by atoms with Crippen LogP contribution in [0.4, 0.5) is 0 Å². The molecule has 2 aromatic carbocycles. The average molecular weight is 326 g/mol. The number of carboxylic acid groups (broad SMARTS) is 2. The molecule has 2 rings (SSSR count). The first-order valence-electron chi connectivity index (χ1n) is 6.99. The highest BCUT2D eigenvalue weighted by Crippen LogP contribution is 2.26. The fourth-order valence-electron chi connectivity index (χ4n) is 2.41. The predicted molar refractivity (Wildman–Crippen MR) is 85.8 cm³/mol. The van der Waals surface area contributed by atoms with Crippen molar-refractivity contribution in [2.24, 2.45) is 0 Å². The quantitative estimate of drug-likeness (QED) is 0.817. The first-order chi connectivity index (χ1) is 11.2. The molecule has 0 bridgehead atoms. The van der Waals surface area contributed by atoms with Gasteiger partial charge in [0, 0.05) is 11.1 Å². The minimum absolute atomic E-state index is 0.0347. The topological polar surface area (TPSA) is 109 Å². The monoisotopic (exact) mass is 326 g/mol. The summed E-state index contributed by atoms with van der Waals surface area (Å²) in [5.41, 5.74) is 0.809. The number of ketones is 2. The molecule has 0 fully saturated rings. The van der Waals surface area contributed by atoms with E-state index in [1.54, 1.807) is 6.07 Å². The van der Waals surface area contributed by atoms with Crippen LogP contribution in [-0.2, 0) is 0 Å². The van der Waals surface area contributed by atoms with Crippen LogP contribution in [-0.4, -0.2) is 33.7 Å². The zero-order chi connectivity index (χ0) is 18.0. The van der Waals surface area contributed by atoms with Crippen LogP contribution in [0.3, 0.4) is 0 Å². The Morgan fingerprint density at radius 3 is 1.46 bits per heavy atom. The smallest absolute Gasteiger partial charge is 0.336 e. The Morgan fingerprint density at radius 2 is 1.04 bits per heavy atom. The number of carbonyl (C=O) groups is 4. The van der Waals surface area contributed by atoms with Crippen molar-refractivity contribution in [3.05, 3.63) is 58.7 Å². The summed E-state index contributed by atoms with van der Waals surface area (Å²) in [6.45, 7) is 2.53. The lowest BCUT2D eigenvalue weighted by Crippen LogP contribution is -2.07. The molecule has 0 aromatic heterocycles. The van der Waals surface area contributed by atoms with Gasteiger partial charge in [-0.2, -0.15) is 0 Å². The highest BCUT2D eigenvalue weighted by Gasteiger charge is 2.17. The maximum absolute atomic E-state index is 11.7. The molecule has 0 unspecified atom stereocenters. The Kier molecular flexibility index (Phi) is 4.59. The van der Waals surface area contributed by atoms with Gasteiger partial charge in [0.25, 0.3) is 0 Å². The molecule has 6 nitrogen and oxygen atoms in total. The molecular weight excluding hydrogens is 312 g/mol. The van der Waals surface area contributed by atoms with Gasteiger partial charge in [-0.25, -0.2) is 9.59 Å². The van der Waals surface area contributed by atoms with Gasteiger partial charge in [0.15, 0.2) is 11.6 Å². The van der Waals surface area contributed by atoms with Gasteiger partial charge in [-0.1, -0.05) is 12.1 Å². The second-order valence-corrected chi connectivity index (χ2v) is 5.24. The number of benzene rings is 2. The SMILES string of the molecule is CC(=O)c1cc(-c2ccc(C(C)=O)c(C(=O)O)c2)ccc1C(=O)O. The van der Waals surface area contributed by atoms with E-state index < -0.39 is 17.7 Å². The molecule has 0 spiro atoms. The molecule has 2 aromatic rings. The molecule has 122 valence electrons. The van der Waals surface area contributed by atoms with Crippen LogP contribution in [0.15, 0.2) is 36.4 Å². The minimum atomic E-state index is -1.24. The van der Waals surface area contributed by atoms with Gasteiger partial charge in [0.2, 0.25) is 0 Å². The number of hydrogen-bond donors (Lipinski definition) is 2. The van der Waals surface area contributed by atoms with E-state index in [0.29, 0.717) is 11.1 Å². The lowest BCUT2D eigenvalue weighted by Gasteiger charge is -2.09. The summed E-state index contributed by atoms with van der Waals surface area (Å²) in [5.74, 6) is -3.24. The van der Waals surface area contributed by atoms with Gasteiger partial charge in [0.1, 0.15) is 0 Å². The van der Waals surface area contributed by atoms with E-state index in [-0.39, 0.29) is 28.0 Å². The van der Waals surface area contributed by atoms with E-state index in [1.807, 2.05) is 0 Å². The summed E-state index contributed by atoms with van der Waals surface area (Å²) in [6.07, 6.45) is 0. The molecule has 0 saturated heterocycles. The van der Waals surface area contributed by atoms with E-state index in [9.17, 15) is 24.3 Å².